The summed E-state index contributed by atoms with van der Waals surface area (Å²) in [5.74, 6) is -0.123. The summed E-state index contributed by atoms with van der Waals surface area (Å²) in [6, 6.07) is 0.196. The Morgan fingerprint density at radius 1 is 1.73 bits per heavy atom. The van der Waals surface area contributed by atoms with Crippen molar-refractivity contribution >= 4 is 5.97 Å². The first kappa shape index (κ1) is 7.06. The number of carboxylic acids is 1. The smallest absolute Gasteiger partial charge is 0.304 e. The molecule has 0 radical (unpaired) electrons. The van der Waals surface area contributed by atoms with Gasteiger partial charge in [0.2, 0.25) is 0 Å². The van der Waals surface area contributed by atoms with Gasteiger partial charge < -0.3 is 5.11 Å². The summed E-state index contributed by atoms with van der Waals surface area (Å²) in [7, 11) is 0. The molecule has 2 aliphatic heterocycles. The first-order valence-electron chi connectivity index (χ1n) is 3.98. The van der Waals surface area contributed by atoms with Crippen molar-refractivity contribution in [2.75, 3.05) is 13.1 Å². The lowest BCUT2D eigenvalue weighted by atomic mass is 9.97. The zero-order valence-electron chi connectivity index (χ0n) is 6.29. The van der Waals surface area contributed by atoms with Crippen molar-refractivity contribution in [3.63, 3.8) is 0 Å². The Morgan fingerprint density at radius 3 is 3.00 bits per heavy atom. The molecular weight excluding hydrogens is 144 g/mol. The summed E-state index contributed by atoms with van der Waals surface area (Å²) in [6.45, 7) is 2.12. The lowest BCUT2D eigenvalue weighted by Crippen LogP contribution is -2.41. The summed E-state index contributed by atoms with van der Waals surface area (Å²) < 4.78 is 0. The number of nitrogens with one attached hydrogen (secondary N) is 1. The highest BCUT2D eigenvalue weighted by molar-refractivity contribution is 5.67. The van der Waals surface area contributed by atoms with Crippen molar-refractivity contribution in [1.29, 1.82) is 0 Å². The Hall–Kier alpha value is -0.610. The van der Waals surface area contributed by atoms with Crippen LogP contribution in [0.1, 0.15) is 12.8 Å². The van der Waals surface area contributed by atoms with Crippen LogP contribution < -0.4 is 5.43 Å². The zero-order chi connectivity index (χ0) is 7.84. The second-order valence-electron chi connectivity index (χ2n) is 3.33. The fourth-order valence-corrected chi connectivity index (χ4v) is 1.97. The Morgan fingerprint density at radius 2 is 2.55 bits per heavy atom. The molecule has 0 aromatic carbocycles. The molecule has 62 valence electrons. The lowest BCUT2D eigenvalue weighted by molar-refractivity contribution is -0.138. The molecule has 2 fully saturated rings. The van der Waals surface area contributed by atoms with Gasteiger partial charge in [0.1, 0.15) is 0 Å². The number of nitrogens with zero attached hydrogens (tertiary/aromatic N) is 1. The Bertz CT molecular complexity index is 183. The van der Waals surface area contributed by atoms with Crippen LogP contribution in [0.25, 0.3) is 0 Å². The molecular formula is C7H12N2O2. The molecule has 2 bridgehead atoms. The van der Waals surface area contributed by atoms with Crippen molar-refractivity contribution in [3.05, 3.63) is 0 Å². The molecule has 3 atom stereocenters. The van der Waals surface area contributed by atoms with Crippen molar-refractivity contribution in [2.45, 2.75) is 18.9 Å². The fourth-order valence-electron chi connectivity index (χ4n) is 1.97. The van der Waals surface area contributed by atoms with E-state index in [0.717, 1.165) is 19.5 Å². The number of fused-ring (bicyclic) bond motifs is 2. The van der Waals surface area contributed by atoms with Crippen LogP contribution in [0.15, 0.2) is 0 Å². The van der Waals surface area contributed by atoms with Crippen LogP contribution in [0.5, 0.6) is 0 Å². The Kier molecular flexibility index (Phi) is 1.58. The van der Waals surface area contributed by atoms with E-state index in [2.05, 4.69) is 10.4 Å². The van der Waals surface area contributed by atoms with Gasteiger partial charge in [-0.25, -0.2) is 5.01 Å². The minimum Gasteiger partial charge on any atom is -0.481 e. The van der Waals surface area contributed by atoms with E-state index in [1.807, 2.05) is 0 Å². The van der Waals surface area contributed by atoms with E-state index in [4.69, 9.17) is 5.11 Å². The predicted octanol–water partition coefficient (Wildman–Crippen LogP) is -0.330. The number of carboxylic acid groups (broad SMARTS) is 1. The molecule has 2 aliphatic rings. The predicted molar refractivity (Wildman–Crippen MR) is 38.9 cm³/mol. The number of hydrogen-bond donors (Lipinski definition) is 2. The Balaban J connectivity index is 1.92. The second-order valence-corrected chi connectivity index (χ2v) is 3.33. The van der Waals surface area contributed by atoms with Gasteiger partial charge in [-0.1, -0.05) is 0 Å². The van der Waals surface area contributed by atoms with Crippen molar-refractivity contribution < 1.29 is 9.90 Å². The summed E-state index contributed by atoms with van der Waals surface area (Å²) >= 11 is 0. The SMILES string of the molecule is O=C(O)CC1NN2CCC1C2. The van der Waals surface area contributed by atoms with Crippen LogP contribution in [0.2, 0.25) is 0 Å². The first-order chi connectivity index (χ1) is 5.25. The molecule has 11 heavy (non-hydrogen) atoms. The third kappa shape index (κ3) is 1.23. The van der Waals surface area contributed by atoms with Crippen LogP contribution in [0.4, 0.5) is 0 Å². The third-order valence-corrected chi connectivity index (χ3v) is 2.54. The van der Waals surface area contributed by atoms with E-state index in [9.17, 15) is 4.79 Å². The highest BCUT2D eigenvalue weighted by Gasteiger charge is 2.38. The van der Waals surface area contributed by atoms with Gasteiger partial charge in [-0.15, -0.1) is 0 Å². The van der Waals surface area contributed by atoms with Crippen LogP contribution >= 0.6 is 0 Å². The van der Waals surface area contributed by atoms with Crippen LogP contribution in [0, 0.1) is 5.92 Å². The molecule has 0 aromatic heterocycles. The van der Waals surface area contributed by atoms with Gasteiger partial charge in [0.05, 0.1) is 6.42 Å². The Labute approximate surface area is 65.2 Å². The minimum atomic E-state index is -0.698. The fraction of sp³-hybridized carbons (Fsp3) is 0.857. The lowest BCUT2D eigenvalue weighted by Gasteiger charge is -2.21. The molecule has 0 amide bonds. The van der Waals surface area contributed by atoms with Crippen molar-refractivity contribution in [2.24, 2.45) is 5.92 Å². The van der Waals surface area contributed by atoms with E-state index in [1.165, 1.54) is 0 Å². The van der Waals surface area contributed by atoms with Crippen LogP contribution in [0.3, 0.4) is 0 Å². The number of hydrogen-bond acceptors (Lipinski definition) is 3. The number of aliphatic carboxylic acids is 1. The van der Waals surface area contributed by atoms with Gasteiger partial charge in [-0.05, 0) is 12.3 Å². The normalized spacial score (nSPS) is 41.3. The summed E-state index contributed by atoms with van der Waals surface area (Å²) in [5.41, 5.74) is 3.17. The third-order valence-electron chi connectivity index (χ3n) is 2.54. The van der Waals surface area contributed by atoms with Gasteiger partial charge in [-0.3, -0.25) is 10.2 Å². The maximum atomic E-state index is 10.4. The average Bonchev–Trinajstić information content (AvgIpc) is 2.45. The molecule has 0 aliphatic carbocycles. The zero-order valence-corrected chi connectivity index (χ0v) is 6.29. The molecule has 0 saturated carbocycles. The largest absolute Gasteiger partial charge is 0.481 e. The average molecular weight is 156 g/mol. The van der Waals surface area contributed by atoms with Crippen molar-refractivity contribution in [1.82, 2.24) is 10.4 Å². The molecule has 4 heteroatoms. The van der Waals surface area contributed by atoms with E-state index in [-0.39, 0.29) is 12.5 Å². The van der Waals surface area contributed by atoms with Gasteiger partial charge in [0.25, 0.3) is 0 Å². The number of carbonyl (C=O) groups is 1. The van der Waals surface area contributed by atoms with E-state index < -0.39 is 5.97 Å². The summed E-state index contributed by atoms with van der Waals surface area (Å²) in [6.07, 6.45) is 1.42. The van der Waals surface area contributed by atoms with Gasteiger partial charge in [0, 0.05) is 19.1 Å². The first-order valence-corrected chi connectivity index (χ1v) is 3.98. The topological polar surface area (TPSA) is 52.6 Å². The highest BCUT2D eigenvalue weighted by atomic mass is 16.4. The molecule has 3 unspecified atom stereocenters. The molecule has 2 rings (SSSR count). The van der Waals surface area contributed by atoms with Crippen LogP contribution in [-0.4, -0.2) is 35.2 Å². The van der Waals surface area contributed by atoms with Gasteiger partial charge >= 0.3 is 5.97 Å². The van der Waals surface area contributed by atoms with E-state index in [1.54, 1.807) is 0 Å². The molecule has 0 spiro atoms. The van der Waals surface area contributed by atoms with Gasteiger partial charge in [-0.2, -0.15) is 0 Å². The summed E-state index contributed by atoms with van der Waals surface area (Å²) in [5, 5.41) is 10.7. The van der Waals surface area contributed by atoms with E-state index >= 15 is 0 Å². The summed E-state index contributed by atoms with van der Waals surface area (Å²) in [4.78, 5) is 10.4. The maximum absolute atomic E-state index is 10.4. The number of hydrazine groups is 1. The quantitative estimate of drug-likeness (QED) is 0.575. The standard InChI is InChI=1S/C7H12N2O2/c10-7(11)3-6-5-1-2-9(4-5)8-6/h5-6,8H,1-4H2,(H,10,11). The van der Waals surface area contributed by atoms with Crippen molar-refractivity contribution in [3.8, 4) is 0 Å². The highest BCUT2D eigenvalue weighted by Crippen LogP contribution is 2.26. The van der Waals surface area contributed by atoms with E-state index in [0.29, 0.717) is 5.92 Å². The molecule has 4 nitrogen and oxygen atoms in total. The molecule has 2 N–H and O–H groups in total. The maximum Gasteiger partial charge on any atom is 0.304 e. The monoisotopic (exact) mass is 156 g/mol. The second kappa shape index (κ2) is 2.46. The van der Waals surface area contributed by atoms with Gasteiger partial charge in [0.15, 0.2) is 0 Å². The minimum absolute atomic E-state index is 0.196. The molecule has 2 heterocycles. The number of rotatable bonds is 2. The molecule has 0 aromatic rings. The molecule has 2 saturated heterocycles. The van der Waals surface area contributed by atoms with Crippen LogP contribution in [-0.2, 0) is 4.79 Å².